The van der Waals surface area contributed by atoms with Crippen LogP contribution in [0.15, 0.2) is 23.2 Å². The van der Waals surface area contributed by atoms with Gasteiger partial charge in [-0.15, -0.1) is 24.0 Å². The molecule has 0 fully saturated rings. The van der Waals surface area contributed by atoms with Gasteiger partial charge in [0.2, 0.25) is 0 Å². The maximum atomic E-state index is 5.59. The third-order valence-electron chi connectivity index (χ3n) is 4.13. The van der Waals surface area contributed by atoms with Crippen molar-refractivity contribution in [2.45, 2.75) is 46.8 Å². The van der Waals surface area contributed by atoms with Crippen molar-refractivity contribution in [3.8, 4) is 5.75 Å². The Kier molecular flexibility index (Phi) is 10.4. The minimum atomic E-state index is 0. The molecule has 6 heteroatoms. The lowest BCUT2D eigenvalue weighted by molar-refractivity contribution is 0.0205. The molecule has 0 saturated heterocycles. The highest BCUT2D eigenvalue weighted by molar-refractivity contribution is 14.0. The van der Waals surface area contributed by atoms with Gasteiger partial charge in [0.15, 0.2) is 5.96 Å². The molecule has 2 N–H and O–H groups in total. The summed E-state index contributed by atoms with van der Waals surface area (Å²) in [5.41, 5.74) is 2.38. The summed E-state index contributed by atoms with van der Waals surface area (Å²) >= 11 is 0. The molecule has 0 radical (unpaired) electrons. The molecule has 0 saturated carbocycles. The number of methoxy groups -OCH3 is 2. The Balaban J connectivity index is 0.00000576. The lowest BCUT2D eigenvalue weighted by atomic mass is 9.89. The van der Waals surface area contributed by atoms with E-state index in [2.05, 4.69) is 62.4 Å². The highest BCUT2D eigenvalue weighted by Crippen LogP contribution is 2.26. The van der Waals surface area contributed by atoms with E-state index >= 15 is 0 Å². The number of halogens is 1. The Morgan fingerprint density at radius 1 is 1.24 bits per heavy atom. The van der Waals surface area contributed by atoms with Crippen LogP contribution in [0.1, 0.15) is 44.9 Å². The average Bonchev–Trinajstić information content (AvgIpc) is 2.52. The number of aliphatic imine (C=N–C) groups is 1. The van der Waals surface area contributed by atoms with E-state index in [0.29, 0.717) is 6.54 Å². The van der Waals surface area contributed by atoms with Crippen LogP contribution in [0.2, 0.25) is 0 Å². The van der Waals surface area contributed by atoms with Gasteiger partial charge >= 0.3 is 0 Å². The van der Waals surface area contributed by atoms with E-state index in [4.69, 9.17) is 9.47 Å². The van der Waals surface area contributed by atoms with E-state index in [1.807, 2.05) is 6.07 Å². The number of benzene rings is 1. The van der Waals surface area contributed by atoms with Crippen LogP contribution in [0, 0.1) is 12.3 Å². The number of hydrogen-bond donors (Lipinski definition) is 2. The molecule has 5 nitrogen and oxygen atoms in total. The normalized spacial score (nSPS) is 14.3. The molecule has 0 spiro atoms. The van der Waals surface area contributed by atoms with Crippen molar-refractivity contribution in [3.05, 3.63) is 29.3 Å². The monoisotopic (exact) mass is 463 g/mol. The van der Waals surface area contributed by atoms with Crippen molar-refractivity contribution < 1.29 is 9.47 Å². The van der Waals surface area contributed by atoms with Crippen LogP contribution in [-0.2, 0) is 4.74 Å². The molecule has 0 aliphatic heterocycles. The summed E-state index contributed by atoms with van der Waals surface area (Å²) in [6.45, 7) is 11.4. The third-order valence-corrected chi connectivity index (χ3v) is 4.13. The summed E-state index contributed by atoms with van der Waals surface area (Å²) in [4.78, 5) is 4.32. The number of hydrogen-bond acceptors (Lipinski definition) is 3. The van der Waals surface area contributed by atoms with Crippen LogP contribution < -0.4 is 15.4 Å². The molecule has 0 amide bonds. The number of rotatable bonds is 6. The van der Waals surface area contributed by atoms with Crippen LogP contribution in [0.3, 0.4) is 0 Å². The zero-order valence-corrected chi connectivity index (χ0v) is 19.1. The molecule has 0 heterocycles. The van der Waals surface area contributed by atoms with E-state index < -0.39 is 0 Å². The fraction of sp³-hybridized carbons (Fsp3) is 0.632. The smallest absolute Gasteiger partial charge is 0.191 e. The van der Waals surface area contributed by atoms with Gasteiger partial charge in [0.25, 0.3) is 0 Å². The Labute approximate surface area is 170 Å². The molecule has 0 bridgehead atoms. The summed E-state index contributed by atoms with van der Waals surface area (Å²) in [6, 6.07) is 6.26. The second-order valence-electron chi connectivity index (χ2n) is 7.15. The zero-order chi connectivity index (χ0) is 18.3. The molecular formula is C19H34IN3O2. The second-order valence-corrected chi connectivity index (χ2v) is 7.15. The molecule has 25 heavy (non-hydrogen) atoms. The zero-order valence-electron chi connectivity index (χ0n) is 16.8. The Morgan fingerprint density at radius 2 is 1.88 bits per heavy atom. The van der Waals surface area contributed by atoms with Crippen LogP contribution in [-0.4, -0.2) is 39.9 Å². The first-order valence-electron chi connectivity index (χ1n) is 8.37. The van der Waals surface area contributed by atoms with Crippen molar-refractivity contribution >= 4 is 29.9 Å². The quantitative estimate of drug-likeness (QED) is 0.382. The first-order valence-corrected chi connectivity index (χ1v) is 8.37. The summed E-state index contributed by atoms with van der Waals surface area (Å²) in [6.07, 6.45) is 0.0971. The van der Waals surface area contributed by atoms with Gasteiger partial charge in [0.05, 0.1) is 19.3 Å². The maximum absolute atomic E-state index is 5.59. The maximum Gasteiger partial charge on any atom is 0.191 e. The summed E-state index contributed by atoms with van der Waals surface area (Å²) in [7, 11) is 5.21. The topological polar surface area (TPSA) is 54.9 Å². The lowest BCUT2D eigenvalue weighted by Crippen LogP contribution is -2.45. The van der Waals surface area contributed by atoms with Crippen LogP contribution in [0.25, 0.3) is 0 Å². The summed E-state index contributed by atoms with van der Waals surface area (Å²) in [5.74, 6) is 1.62. The van der Waals surface area contributed by atoms with Crippen LogP contribution >= 0.6 is 24.0 Å². The molecule has 2 atom stereocenters. The molecule has 1 rings (SSSR count). The van der Waals surface area contributed by atoms with Gasteiger partial charge in [-0.2, -0.15) is 0 Å². The van der Waals surface area contributed by atoms with Crippen molar-refractivity contribution in [2.75, 3.05) is 27.8 Å². The first kappa shape index (κ1) is 24.0. The fourth-order valence-electron chi connectivity index (χ4n) is 2.60. The SMILES string of the molecule is CN=C(NCC(OC)C(C)(C)C)NC(C)c1cc(C)ccc1OC.I. The molecule has 0 aliphatic rings. The third kappa shape index (κ3) is 7.40. The first-order chi connectivity index (χ1) is 11.2. The minimum absolute atomic E-state index is 0. The average molecular weight is 463 g/mol. The van der Waals surface area contributed by atoms with E-state index in [1.54, 1.807) is 21.3 Å². The largest absolute Gasteiger partial charge is 0.496 e. The molecule has 144 valence electrons. The minimum Gasteiger partial charge on any atom is -0.496 e. The highest BCUT2D eigenvalue weighted by atomic mass is 127. The van der Waals surface area contributed by atoms with Gasteiger partial charge in [0, 0.05) is 26.3 Å². The molecular weight excluding hydrogens is 429 g/mol. The Bertz CT molecular complexity index is 556. The number of guanidine groups is 1. The van der Waals surface area contributed by atoms with Crippen molar-refractivity contribution in [1.82, 2.24) is 10.6 Å². The molecule has 0 aliphatic carbocycles. The summed E-state index contributed by atoms with van der Waals surface area (Å²) < 4.78 is 11.1. The van der Waals surface area contributed by atoms with Crippen molar-refractivity contribution in [1.29, 1.82) is 0 Å². The fourth-order valence-corrected chi connectivity index (χ4v) is 2.60. The van der Waals surface area contributed by atoms with Gasteiger partial charge < -0.3 is 20.1 Å². The Hall–Kier alpha value is -1.02. The molecule has 2 unspecified atom stereocenters. The van der Waals surface area contributed by atoms with Crippen LogP contribution in [0.4, 0.5) is 0 Å². The summed E-state index contributed by atoms with van der Waals surface area (Å²) in [5, 5.41) is 6.77. The van der Waals surface area contributed by atoms with Gasteiger partial charge in [0.1, 0.15) is 5.75 Å². The molecule has 1 aromatic rings. The van der Waals surface area contributed by atoms with Crippen molar-refractivity contribution in [3.63, 3.8) is 0 Å². The predicted molar refractivity (Wildman–Crippen MR) is 116 cm³/mol. The van der Waals surface area contributed by atoms with E-state index in [0.717, 1.165) is 17.3 Å². The number of ether oxygens (including phenoxy) is 2. The predicted octanol–water partition coefficient (Wildman–Crippen LogP) is 3.91. The molecule has 1 aromatic carbocycles. The van der Waals surface area contributed by atoms with E-state index in [9.17, 15) is 0 Å². The highest BCUT2D eigenvalue weighted by Gasteiger charge is 2.24. The second kappa shape index (κ2) is 10.9. The van der Waals surface area contributed by atoms with E-state index in [-0.39, 0.29) is 41.5 Å². The van der Waals surface area contributed by atoms with Gasteiger partial charge in [-0.25, -0.2) is 0 Å². The number of nitrogens with zero attached hydrogens (tertiary/aromatic N) is 1. The van der Waals surface area contributed by atoms with Crippen LogP contribution in [0.5, 0.6) is 5.75 Å². The van der Waals surface area contributed by atoms with E-state index in [1.165, 1.54) is 5.56 Å². The number of nitrogens with one attached hydrogen (secondary N) is 2. The van der Waals surface area contributed by atoms with Gasteiger partial charge in [-0.05, 0) is 25.3 Å². The van der Waals surface area contributed by atoms with Crippen molar-refractivity contribution in [2.24, 2.45) is 10.4 Å². The standard InChI is InChI=1S/C19H33N3O2.HI/c1-13-9-10-16(23-7)15(11-13)14(2)22-18(20-6)21-12-17(24-8)19(3,4)5;/h9-11,14,17H,12H2,1-8H3,(H2,20,21,22);1H. The Morgan fingerprint density at radius 3 is 2.36 bits per heavy atom. The van der Waals surface area contributed by atoms with Gasteiger partial charge in [-0.3, -0.25) is 4.99 Å². The lowest BCUT2D eigenvalue weighted by Gasteiger charge is -2.30. The number of aryl methyl sites for hydroxylation is 1. The molecule has 0 aromatic heterocycles. The van der Waals surface area contributed by atoms with Gasteiger partial charge in [-0.1, -0.05) is 38.5 Å².